The molecule has 7 heteroatoms. The van der Waals surface area contributed by atoms with E-state index >= 15 is 0 Å². The van der Waals surface area contributed by atoms with Gasteiger partial charge in [-0.1, -0.05) is 6.92 Å². The lowest BCUT2D eigenvalue weighted by Crippen LogP contribution is -2.25. The molecule has 2 nitrogen and oxygen atoms in total. The summed E-state index contributed by atoms with van der Waals surface area (Å²) >= 11 is 0. The van der Waals surface area contributed by atoms with Gasteiger partial charge in [-0.05, 0) is 25.6 Å². The van der Waals surface area contributed by atoms with Gasteiger partial charge in [0.05, 0.1) is 11.6 Å². The van der Waals surface area contributed by atoms with Crippen molar-refractivity contribution >= 4 is 0 Å². The molecule has 21 heavy (non-hydrogen) atoms. The fourth-order valence-electron chi connectivity index (χ4n) is 2.03. The number of hydrogen-bond donors (Lipinski definition) is 1. The lowest BCUT2D eigenvalue weighted by atomic mass is 10.0. The molecule has 0 fully saturated rings. The van der Waals surface area contributed by atoms with E-state index in [1.807, 2.05) is 0 Å². The maximum absolute atomic E-state index is 13.9. The minimum Gasteiger partial charge on any atom is -0.464 e. The highest BCUT2D eigenvalue weighted by molar-refractivity contribution is 5.32. The fraction of sp³-hybridized carbons (Fsp3) is 0.286. The van der Waals surface area contributed by atoms with Crippen LogP contribution in [0.2, 0.25) is 0 Å². The van der Waals surface area contributed by atoms with Crippen molar-refractivity contribution in [1.82, 2.24) is 5.32 Å². The third-order valence-electron chi connectivity index (χ3n) is 2.99. The van der Waals surface area contributed by atoms with E-state index in [0.29, 0.717) is 5.76 Å². The number of halogens is 5. The summed E-state index contributed by atoms with van der Waals surface area (Å²) in [6.45, 7) is 3.48. The zero-order chi connectivity index (χ0) is 15.7. The number of furan rings is 1. The Bertz CT molecular complexity index is 639. The van der Waals surface area contributed by atoms with E-state index in [-0.39, 0.29) is 12.3 Å². The Labute approximate surface area is 117 Å². The minimum atomic E-state index is -2.18. The molecular weight excluding hydrogens is 293 g/mol. The van der Waals surface area contributed by atoms with Crippen LogP contribution in [-0.4, -0.2) is 6.54 Å². The van der Waals surface area contributed by atoms with Gasteiger partial charge in [0.15, 0.2) is 23.3 Å². The van der Waals surface area contributed by atoms with Crippen LogP contribution in [0.5, 0.6) is 0 Å². The van der Waals surface area contributed by atoms with Gasteiger partial charge in [0.25, 0.3) is 0 Å². The Balaban J connectivity index is 2.66. The van der Waals surface area contributed by atoms with Gasteiger partial charge in [0.2, 0.25) is 5.82 Å². The first-order chi connectivity index (χ1) is 9.88. The Morgan fingerprint density at radius 2 is 1.48 bits per heavy atom. The van der Waals surface area contributed by atoms with Crippen molar-refractivity contribution in [1.29, 1.82) is 0 Å². The third-order valence-corrected chi connectivity index (χ3v) is 2.99. The van der Waals surface area contributed by atoms with Crippen LogP contribution in [0.4, 0.5) is 22.0 Å². The van der Waals surface area contributed by atoms with Crippen LogP contribution < -0.4 is 5.32 Å². The van der Waals surface area contributed by atoms with Gasteiger partial charge in [0.1, 0.15) is 11.5 Å². The predicted molar refractivity (Wildman–Crippen MR) is 65.2 cm³/mol. The molecule has 1 unspecified atom stereocenters. The summed E-state index contributed by atoms with van der Waals surface area (Å²) in [6.07, 6.45) is 0. The monoisotopic (exact) mass is 305 g/mol. The Morgan fingerprint density at radius 3 is 1.90 bits per heavy atom. The van der Waals surface area contributed by atoms with E-state index in [9.17, 15) is 22.0 Å². The molecule has 1 aromatic carbocycles. The van der Waals surface area contributed by atoms with Crippen LogP contribution in [0, 0.1) is 36.0 Å². The minimum absolute atomic E-state index is 0.0672. The molecule has 1 N–H and O–H groups in total. The molecule has 0 saturated carbocycles. The predicted octanol–water partition coefficient (Wildman–Crippen LogP) is 3.98. The molecule has 0 saturated heterocycles. The SMILES string of the molecule is CCNC(c1ccc(C)o1)c1c(F)c(F)c(F)c(F)c1F. The number of rotatable bonds is 4. The number of nitrogens with one attached hydrogen (secondary N) is 1. The smallest absolute Gasteiger partial charge is 0.200 e. The van der Waals surface area contributed by atoms with E-state index in [0.717, 1.165) is 0 Å². The molecule has 0 aliphatic heterocycles. The van der Waals surface area contributed by atoms with Crippen LogP contribution in [0.3, 0.4) is 0 Å². The molecular formula is C14H12F5NO. The molecule has 0 aliphatic rings. The maximum Gasteiger partial charge on any atom is 0.200 e. The van der Waals surface area contributed by atoms with Gasteiger partial charge in [-0.25, -0.2) is 22.0 Å². The highest BCUT2D eigenvalue weighted by atomic mass is 19.2. The number of hydrogen-bond acceptors (Lipinski definition) is 2. The van der Waals surface area contributed by atoms with E-state index in [2.05, 4.69) is 5.32 Å². The molecule has 2 aromatic rings. The van der Waals surface area contributed by atoms with Crippen molar-refractivity contribution in [2.45, 2.75) is 19.9 Å². The molecule has 1 heterocycles. The second kappa shape index (κ2) is 5.85. The Morgan fingerprint density at radius 1 is 0.952 bits per heavy atom. The van der Waals surface area contributed by atoms with Crippen molar-refractivity contribution in [3.8, 4) is 0 Å². The van der Waals surface area contributed by atoms with Crippen LogP contribution in [-0.2, 0) is 0 Å². The van der Waals surface area contributed by atoms with Crippen molar-refractivity contribution < 1.29 is 26.4 Å². The summed E-state index contributed by atoms with van der Waals surface area (Å²) in [4.78, 5) is 0. The van der Waals surface area contributed by atoms with Gasteiger partial charge in [-0.3, -0.25) is 0 Å². The first kappa shape index (κ1) is 15.5. The summed E-state index contributed by atoms with van der Waals surface area (Å²) in [7, 11) is 0. The average molecular weight is 305 g/mol. The molecule has 0 aliphatic carbocycles. The second-order valence-corrected chi connectivity index (χ2v) is 4.42. The van der Waals surface area contributed by atoms with Crippen molar-refractivity contribution in [3.63, 3.8) is 0 Å². The molecule has 114 valence electrons. The van der Waals surface area contributed by atoms with E-state index < -0.39 is 40.7 Å². The average Bonchev–Trinajstić information content (AvgIpc) is 2.88. The summed E-state index contributed by atoms with van der Waals surface area (Å²) in [5.74, 6) is -9.35. The standard InChI is InChI=1S/C14H12F5NO/c1-3-20-14(7-5-4-6(2)21-7)8-9(15)11(17)13(19)12(18)10(8)16/h4-5,14,20H,3H2,1-2H3. The second-order valence-electron chi connectivity index (χ2n) is 4.42. The number of benzene rings is 1. The van der Waals surface area contributed by atoms with Crippen molar-refractivity contribution in [3.05, 3.63) is 58.3 Å². The van der Waals surface area contributed by atoms with E-state index in [1.165, 1.54) is 12.1 Å². The van der Waals surface area contributed by atoms with Crippen LogP contribution in [0.15, 0.2) is 16.5 Å². The summed E-state index contributed by atoms with van der Waals surface area (Å²) < 4.78 is 72.7. The maximum atomic E-state index is 13.9. The van der Waals surface area contributed by atoms with Gasteiger partial charge < -0.3 is 9.73 Å². The van der Waals surface area contributed by atoms with Gasteiger partial charge in [0, 0.05) is 0 Å². The van der Waals surface area contributed by atoms with E-state index in [4.69, 9.17) is 4.42 Å². The summed E-state index contributed by atoms with van der Waals surface area (Å²) in [5, 5.41) is 2.65. The highest BCUT2D eigenvalue weighted by Crippen LogP contribution is 2.32. The summed E-state index contributed by atoms with van der Waals surface area (Å²) in [5.41, 5.74) is -0.956. The Kier molecular flexibility index (Phi) is 4.32. The first-order valence-electron chi connectivity index (χ1n) is 6.19. The van der Waals surface area contributed by atoms with E-state index in [1.54, 1.807) is 13.8 Å². The molecule has 1 aromatic heterocycles. The van der Waals surface area contributed by atoms with Crippen molar-refractivity contribution in [2.24, 2.45) is 0 Å². The van der Waals surface area contributed by atoms with Gasteiger partial charge in [-0.2, -0.15) is 0 Å². The van der Waals surface area contributed by atoms with Crippen LogP contribution >= 0.6 is 0 Å². The molecule has 0 radical (unpaired) electrons. The quantitative estimate of drug-likeness (QED) is 0.525. The topological polar surface area (TPSA) is 25.2 Å². The van der Waals surface area contributed by atoms with Crippen molar-refractivity contribution in [2.75, 3.05) is 6.54 Å². The van der Waals surface area contributed by atoms with Crippen LogP contribution in [0.25, 0.3) is 0 Å². The first-order valence-corrected chi connectivity index (χ1v) is 6.19. The molecule has 0 spiro atoms. The van der Waals surface area contributed by atoms with Crippen LogP contribution in [0.1, 0.15) is 30.0 Å². The molecule has 1 atom stereocenters. The zero-order valence-corrected chi connectivity index (χ0v) is 11.2. The fourth-order valence-corrected chi connectivity index (χ4v) is 2.03. The summed E-state index contributed by atoms with van der Waals surface area (Å²) in [6, 6.07) is 1.68. The number of aryl methyl sites for hydroxylation is 1. The largest absolute Gasteiger partial charge is 0.464 e. The molecule has 0 amide bonds. The lowest BCUT2D eigenvalue weighted by Gasteiger charge is -2.18. The molecule has 0 bridgehead atoms. The normalized spacial score (nSPS) is 12.7. The van der Waals surface area contributed by atoms with Gasteiger partial charge >= 0.3 is 0 Å². The molecule has 2 rings (SSSR count). The van der Waals surface area contributed by atoms with Gasteiger partial charge in [-0.15, -0.1) is 0 Å². The Hall–Kier alpha value is -1.89. The third kappa shape index (κ3) is 2.65. The zero-order valence-electron chi connectivity index (χ0n) is 11.2. The lowest BCUT2D eigenvalue weighted by molar-refractivity contribution is 0.351. The highest BCUT2D eigenvalue weighted by Gasteiger charge is 2.32.